The van der Waals surface area contributed by atoms with E-state index in [1.807, 2.05) is 45.0 Å². The van der Waals surface area contributed by atoms with E-state index in [4.69, 9.17) is 34.2 Å². The van der Waals surface area contributed by atoms with E-state index in [1.165, 1.54) is 18.7 Å². The summed E-state index contributed by atoms with van der Waals surface area (Å²) in [6.07, 6.45) is 0.746. The van der Waals surface area contributed by atoms with Gasteiger partial charge in [0, 0.05) is 77.4 Å². The van der Waals surface area contributed by atoms with E-state index < -0.39 is 46.6 Å². The molecule has 12 rings (SSSR count). The maximum absolute atomic E-state index is 15.2. The first-order chi connectivity index (χ1) is 28.4. The van der Waals surface area contributed by atoms with Crippen molar-refractivity contribution in [3.8, 4) is 34.5 Å². The molecule has 6 N–H and O–H groups in total. The second-order valence-electron chi connectivity index (χ2n) is 16.6. The number of nitrogens with two attached hydrogens (primary N) is 1. The number of benzene rings is 3. The zero-order valence-electron chi connectivity index (χ0n) is 33.9. The number of carbonyl (C=O) groups excluding carboxylic acids is 2. The van der Waals surface area contributed by atoms with Crippen LogP contribution >= 0.6 is 11.8 Å². The number of nitrogens with one attached hydrogen (secondary N) is 2. The van der Waals surface area contributed by atoms with Crippen LogP contribution in [0.4, 0.5) is 0 Å². The summed E-state index contributed by atoms with van der Waals surface area (Å²) in [6, 6.07) is 5.66. The summed E-state index contributed by atoms with van der Waals surface area (Å²) in [4.78, 5) is 36.1. The van der Waals surface area contributed by atoms with Crippen LogP contribution in [-0.4, -0.2) is 108 Å². The molecule has 2 fully saturated rings. The van der Waals surface area contributed by atoms with E-state index in [0.717, 1.165) is 27.6 Å². The number of thioether (sulfide) groups is 1. The number of ether oxygens (including phenoxy) is 6. The number of aromatic amines is 1. The molecule has 2 saturated heterocycles. The minimum Gasteiger partial charge on any atom is -0.504 e. The molecule has 59 heavy (non-hydrogen) atoms. The number of aromatic nitrogens is 1. The van der Waals surface area contributed by atoms with Crippen LogP contribution in [0.2, 0.25) is 0 Å². The van der Waals surface area contributed by atoms with E-state index >= 15 is 4.79 Å². The van der Waals surface area contributed by atoms with E-state index in [0.29, 0.717) is 69.7 Å². The summed E-state index contributed by atoms with van der Waals surface area (Å²) in [6.45, 7) is 7.96. The second kappa shape index (κ2) is 13.7. The Bertz CT molecular complexity index is 2460. The third-order valence-electron chi connectivity index (χ3n) is 13.4. The maximum Gasteiger partial charge on any atom is 0.333 e. The van der Waals surface area contributed by atoms with Gasteiger partial charge in [0.1, 0.15) is 23.8 Å². The summed E-state index contributed by atoms with van der Waals surface area (Å²) in [5, 5.41) is 29.6. The number of rotatable bonds is 5. The molecule has 4 aromatic rings. The van der Waals surface area contributed by atoms with E-state index in [-0.39, 0.29) is 50.5 Å². The molecular weight excluding hydrogens is 779 g/mol. The minimum absolute atomic E-state index is 0.0260. The molecule has 8 atom stereocenters. The largest absolute Gasteiger partial charge is 0.504 e. The van der Waals surface area contributed by atoms with Gasteiger partial charge in [0.15, 0.2) is 28.5 Å². The van der Waals surface area contributed by atoms with E-state index in [2.05, 4.69) is 20.1 Å². The van der Waals surface area contributed by atoms with Crippen molar-refractivity contribution in [3.05, 3.63) is 68.9 Å². The van der Waals surface area contributed by atoms with Crippen LogP contribution < -0.4 is 34.7 Å². The van der Waals surface area contributed by atoms with Gasteiger partial charge in [-0.1, -0.05) is 13.0 Å². The van der Waals surface area contributed by atoms with Crippen LogP contribution in [0.5, 0.6) is 34.5 Å². The molecule has 8 aliphatic heterocycles. The highest BCUT2D eigenvalue weighted by Gasteiger charge is 2.64. The molecular formula is C43H49N5O10S. The Morgan fingerprint density at radius 2 is 1.88 bits per heavy atom. The van der Waals surface area contributed by atoms with Gasteiger partial charge in [0.2, 0.25) is 6.79 Å². The number of esters is 2. The molecule has 9 heterocycles. The van der Waals surface area contributed by atoms with Crippen molar-refractivity contribution in [1.82, 2.24) is 20.1 Å². The number of likely N-dealkylation sites (N-methyl/N-ethyl adjacent to an activating group) is 1. The lowest BCUT2D eigenvalue weighted by Crippen LogP contribution is -2.70. The number of phenolic OH excluding ortho intramolecular Hbond substituents is 1. The Balaban J connectivity index is 1.25. The van der Waals surface area contributed by atoms with E-state index in [9.17, 15) is 15.0 Å². The molecule has 0 saturated carbocycles. The Hall–Kier alpha value is -4.71. The third kappa shape index (κ3) is 5.32. The molecule has 3 unspecified atom stereocenters. The van der Waals surface area contributed by atoms with Crippen molar-refractivity contribution >= 4 is 34.6 Å². The lowest BCUT2D eigenvalue weighted by molar-refractivity contribution is -0.218. The monoisotopic (exact) mass is 827 g/mol. The quantitative estimate of drug-likeness (QED) is 0.144. The summed E-state index contributed by atoms with van der Waals surface area (Å²) in [7, 11) is 3.17. The highest BCUT2D eigenvalue weighted by atomic mass is 32.2. The summed E-state index contributed by atoms with van der Waals surface area (Å²) in [5.41, 5.74) is 10.2. The fraction of sp³-hybridized carbons (Fsp3) is 0.488. The fourth-order valence-electron chi connectivity index (χ4n) is 11.1. The van der Waals surface area contributed by atoms with Gasteiger partial charge in [0.25, 0.3) is 0 Å². The number of aliphatic hydroxyl groups is 1. The maximum atomic E-state index is 15.2. The first-order valence-corrected chi connectivity index (χ1v) is 21.2. The molecule has 1 aromatic heterocycles. The fourth-order valence-corrected chi connectivity index (χ4v) is 12.8. The average molecular weight is 828 g/mol. The summed E-state index contributed by atoms with van der Waals surface area (Å²) in [5.74, 6) is 1.49. The van der Waals surface area contributed by atoms with Gasteiger partial charge < -0.3 is 49.4 Å². The lowest BCUT2D eigenvalue weighted by atomic mass is 9.78. The van der Waals surface area contributed by atoms with Crippen molar-refractivity contribution in [3.63, 3.8) is 0 Å². The van der Waals surface area contributed by atoms with Gasteiger partial charge in [-0.05, 0) is 61.7 Å². The number of hydrogen-bond acceptors (Lipinski definition) is 15. The number of methoxy groups -OCH3 is 2. The number of hydrogen-bond donors (Lipinski definition) is 5. The molecule has 0 radical (unpaired) electrons. The number of carbonyl (C=O) groups is 2. The SMILES string of the molecule is CCN1CC2(O)Cc3cc(C)c(OC)c(O)c3C1[C@@H]1[C@@H]3SC[C@]4(N[C@@H](CN)Cc5c4[nH]c4ccc(OC)cc54)C(=O)OC[C@@H](c4c5c(c(C)c(OC(C)=O)c43)OCO5)N12. The van der Waals surface area contributed by atoms with Crippen LogP contribution in [0, 0.1) is 13.8 Å². The van der Waals surface area contributed by atoms with Crippen molar-refractivity contribution in [2.75, 3.05) is 53.0 Å². The highest BCUT2D eigenvalue weighted by Crippen LogP contribution is 2.65. The minimum atomic E-state index is -1.52. The molecule has 4 bridgehead atoms. The predicted octanol–water partition coefficient (Wildman–Crippen LogP) is 3.91. The Morgan fingerprint density at radius 3 is 2.61 bits per heavy atom. The number of phenols is 1. The van der Waals surface area contributed by atoms with Crippen LogP contribution in [0.3, 0.4) is 0 Å². The highest BCUT2D eigenvalue weighted by molar-refractivity contribution is 7.99. The number of H-pyrrole nitrogens is 1. The summed E-state index contributed by atoms with van der Waals surface area (Å²) < 4.78 is 36.6. The zero-order valence-corrected chi connectivity index (χ0v) is 34.7. The van der Waals surface area contributed by atoms with Gasteiger partial charge in [-0.15, -0.1) is 11.8 Å². The number of piperazine rings is 1. The number of aromatic hydroxyl groups is 1. The molecule has 1 spiro atoms. The Kier molecular flexibility index (Phi) is 8.91. The topological polar surface area (TPSA) is 190 Å². The smallest absolute Gasteiger partial charge is 0.333 e. The van der Waals surface area contributed by atoms with Crippen molar-refractivity contribution in [1.29, 1.82) is 0 Å². The molecule has 0 amide bonds. The molecule has 16 heteroatoms. The second-order valence-corrected chi connectivity index (χ2v) is 17.7. The van der Waals surface area contributed by atoms with Gasteiger partial charge in [-0.2, -0.15) is 0 Å². The van der Waals surface area contributed by atoms with Gasteiger partial charge in [-0.3, -0.25) is 19.9 Å². The predicted molar refractivity (Wildman–Crippen MR) is 217 cm³/mol. The summed E-state index contributed by atoms with van der Waals surface area (Å²) >= 11 is 1.51. The van der Waals surface area contributed by atoms with Gasteiger partial charge in [-0.25, -0.2) is 4.79 Å². The average Bonchev–Trinajstić information content (AvgIpc) is 3.80. The van der Waals surface area contributed by atoms with Crippen LogP contribution in [0.1, 0.15) is 75.8 Å². The van der Waals surface area contributed by atoms with Crippen molar-refractivity contribution < 1.29 is 48.2 Å². The molecule has 15 nitrogen and oxygen atoms in total. The Morgan fingerprint density at radius 1 is 1.08 bits per heavy atom. The molecule has 8 aliphatic rings. The van der Waals surface area contributed by atoms with Crippen molar-refractivity contribution in [2.45, 2.75) is 81.2 Å². The van der Waals surface area contributed by atoms with Gasteiger partial charge >= 0.3 is 11.9 Å². The zero-order chi connectivity index (χ0) is 41.3. The number of aryl methyl sites for hydroxylation is 1. The lowest BCUT2D eigenvalue weighted by Gasteiger charge is -2.61. The van der Waals surface area contributed by atoms with Crippen molar-refractivity contribution in [2.24, 2.45) is 5.73 Å². The van der Waals surface area contributed by atoms with Crippen LogP contribution in [0.25, 0.3) is 10.9 Å². The van der Waals surface area contributed by atoms with Gasteiger partial charge in [0.05, 0.1) is 37.2 Å². The third-order valence-corrected chi connectivity index (χ3v) is 14.9. The molecule has 3 aromatic carbocycles. The molecule has 0 aliphatic carbocycles. The first kappa shape index (κ1) is 38.5. The normalized spacial score (nSPS) is 30.3. The van der Waals surface area contributed by atoms with Crippen LogP contribution in [-0.2, 0) is 32.7 Å². The Labute approximate surface area is 345 Å². The number of nitrogens with zero attached hydrogens (tertiary/aromatic N) is 2. The van der Waals surface area contributed by atoms with Crippen LogP contribution in [0.15, 0.2) is 24.3 Å². The molecule has 312 valence electrons. The first-order valence-electron chi connectivity index (χ1n) is 20.1. The number of fused-ring (bicyclic) bond motifs is 8. The van der Waals surface area contributed by atoms with E-state index in [1.54, 1.807) is 14.2 Å². The standard InChI is InChI=1S/C43H49N5O10S/c1-7-47-16-42(52)13-22-10-19(2)35(54-6)34(50)29(22)32(47)33-39-31-30(38-37(56-18-57-38)20(3)36(31)58-21(4)49)28(48(33)42)15-55-41(51)43(17-59-39)40-26(11-23(14-44)46-43)25-12-24(53-5)8-9-27(25)45-40/h8-10,12,23,28,32-33,39,45-46,50,52H,7,11,13-18,44H2,1-6H3/t23-,28+,32?,33-,39-,42?,43-/m1/s1.